The predicted molar refractivity (Wildman–Crippen MR) is 58.6 cm³/mol. The summed E-state index contributed by atoms with van der Waals surface area (Å²) in [5.41, 5.74) is -0.115. The molecule has 19 heavy (non-hydrogen) atoms. The fourth-order valence-corrected chi connectivity index (χ4v) is 1.44. The minimum Gasteiger partial charge on any atom is -0.405 e. The smallest absolute Gasteiger partial charge is 0.405 e. The maximum absolute atomic E-state index is 12.2. The third-order valence-electron chi connectivity index (χ3n) is 2.18. The van der Waals surface area contributed by atoms with Crippen LogP contribution in [-0.2, 0) is 0 Å². The fraction of sp³-hybridized carbons (Fsp3) is 0.0833. The third-order valence-corrected chi connectivity index (χ3v) is 2.18. The monoisotopic (exact) mass is 268 g/mol. The summed E-state index contributed by atoms with van der Waals surface area (Å²) in [6.45, 7) is 0. The first-order valence-electron chi connectivity index (χ1n) is 5.12. The molecule has 0 radical (unpaired) electrons. The van der Waals surface area contributed by atoms with Gasteiger partial charge in [0.15, 0.2) is 5.78 Å². The molecule has 0 aliphatic heterocycles. The number of hydrogen-bond donors (Lipinski definition) is 0. The summed E-state index contributed by atoms with van der Waals surface area (Å²) in [7, 11) is 0. The maximum atomic E-state index is 12.2. The number of para-hydroxylation sites is 1. The van der Waals surface area contributed by atoms with E-state index in [-0.39, 0.29) is 11.1 Å². The van der Waals surface area contributed by atoms with Crippen LogP contribution in [0.5, 0.6) is 5.75 Å². The van der Waals surface area contributed by atoms with E-state index in [1.807, 2.05) is 0 Å². The zero-order valence-electron chi connectivity index (χ0n) is 9.39. The van der Waals surface area contributed by atoms with Crippen molar-refractivity contribution in [2.45, 2.75) is 6.36 Å². The summed E-state index contributed by atoms with van der Waals surface area (Å²) >= 11 is 0. The molecule has 98 valence electrons. The Hall–Kier alpha value is -2.44. The van der Waals surface area contributed by atoms with E-state index in [1.54, 1.807) is 0 Å². The van der Waals surface area contributed by atoms with Gasteiger partial charge >= 0.3 is 6.36 Å². The normalized spacial score (nSPS) is 11.1. The number of nitrogens with zero attached hydrogens (tertiary/aromatic N) is 2. The molecule has 1 heterocycles. The van der Waals surface area contributed by atoms with Gasteiger partial charge in [-0.1, -0.05) is 12.1 Å². The van der Waals surface area contributed by atoms with Crippen molar-refractivity contribution in [3.05, 3.63) is 54.1 Å². The van der Waals surface area contributed by atoms with Gasteiger partial charge in [-0.05, 0) is 12.1 Å². The number of rotatable bonds is 3. The lowest BCUT2D eigenvalue weighted by molar-refractivity contribution is -0.274. The van der Waals surface area contributed by atoms with Gasteiger partial charge in [-0.25, -0.2) is 9.97 Å². The number of carbonyl (C=O) groups excluding carboxylic acids is 1. The van der Waals surface area contributed by atoms with Gasteiger partial charge in [-0.2, -0.15) is 0 Å². The fourth-order valence-electron chi connectivity index (χ4n) is 1.44. The lowest BCUT2D eigenvalue weighted by Gasteiger charge is -2.12. The lowest BCUT2D eigenvalue weighted by atomic mass is 10.1. The van der Waals surface area contributed by atoms with Gasteiger partial charge in [-0.15, -0.1) is 13.2 Å². The molecule has 0 fully saturated rings. The second-order valence-electron chi connectivity index (χ2n) is 3.50. The van der Waals surface area contributed by atoms with E-state index in [9.17, 15) is 18.0 Å². The van der Waals surface area contributed by atoms with E-state index < -0.39 is 17.9 Å². The summed E-state index contributed by atoms with van der Waals surface area (Å²) in [6.07, 6.45) is -1.20. The Morgan fingerprint density at radius 1 is 1.11 bits per heavy atom. The molecule has 7 heteroatoms. The highest BCUT2D eigenvalue weighted by Gasteiger charge is 2.32. The van der Waals surface area contributed by atoms with Crippen molar-refractivity contribution in [2.75, 3.05) is 0 Å². The van der Waals surface area contributed by atoms with Gasteiger partial charge in [0.05, 0.1) is 11.1 Å². The number of aromatic nitrogens is 2. The first kappa shape index (κ1) is 13.0. The van der Waals surface area contributed by atoms with Gasteiger partial charge in [0.25, 0.3) is 0 Å². The molecule has 0 aliphatic carbocycles. The van der Waals surface area contributed by atoms with Crippen LogP contribution >= 0.6 is 0 Å². The lowest BCUT2D eigenvalue weighted by Crippen LogP contribution is -2.19. The van der Waals surface area contributed by atoms with Gasteiger partial charge in [0.1, 0.15) is 12.1 Å². The zero-order chi connectivity index (χ0) is 13.9. The molecule has 0 saturated carbocycles. The van der Waals surface area contributed by atoms with E-state index in [1.165, 1.54) is 36.9 Å². The van der Waals surface area contributed by atoms with E-state index in [0.717, 1.165) is 6.07 Å². The largest absolute Gasteiger partial charge is 0.573 e. The molecule has 0 aliphatic rings. The number of halogens is 3. The summed E-state index contributed by atoms with van der Waals surface area (Å²) in [6, 6.07) is 5.11. The first-order chi connectivity index (χ1) is 8.97. The minimum atomic E-state index is -4.86. The quantitative estimate of drug-likeness (QED) is 0.803. The molecule has 1 aromatic heterocycles. The van der Waals surface area contributed by atoms with Crippen LogP contribution in [0.2, 0.25) is 0 Å². The van der Waals surface area contributed by atoms with E-state index in [0.29, 0.717) is 0 Å². The summed E-state index contributed by atoms with van der Waals surface area (Å²) in [4.78, 5) is 19.3. The van der Waals surface area contributed by atoms with Crippen molar-refractivity contribution in [3.63, 3.8) is 0 Å². The summed E-state index contributed by atoms with van der Waals surface area (Å²) < 4.78 is 40.5. The van der Waals surface area contributed by atoms with E-state index in [4.69, 9.17) is 0 Å². The Bertz CT molecular complexity index is 585. The minimum absolute atomic E-state index is 0.0840. The van der Waals surface area contributed by atoms with Crippen LogP contribution in [0, 0.1) is 0 Å². The molecule has 0 amide bonds. The second kappa shape index (κ2) is 5.05. The third kappa shape index (κ3) is 3.27. The molecule has 0 atom stereocenters. The molecule has 4 nitrogen and oxygen atoms in total. The molecular weight excluding hydrogens is 261 g/mol. The average Bonchev–Trinajstić information content (AvgIpc) is 2.38. The highest BCUT2D eigenvalue weighted by molar-refractivity contribution is 6.10. The predicted octanol–water partition coefficient (Wildman–Crippen LogP) is 2.61. The van der Waals surface area contributed by atoms with Crippen molar-refractivity contribution in [2.24, 2.45) is 0 Å². The van der Waals surface area contributed by atoms with Crippen molar-refractivity contribution in [3.8, 4) is 5.75 Å². The van der Waals surface area contributed by atoms with Gasteiger partial charge in [0.2, 0.25) is 0 Å². The van der Waals surface area contributed by atoms with Gasteiger partial charge in [0, 0.05) is 12.4 Å². The average molecular weight is 268 g/mol. The molecule has 0 spiro atoms. The van der Waals surface area contributed by atoms with Crippen LogP contribution in [0.15, 0.2) is 43.0 Å². The van der Waals surface area contributed by atoms with E-state index in [2.05, 4.69) is 14.7 Å². The number of alkyl halides is 3. The Morgan fingerprint density at radius 3 is 2.37 bits per heavy atom. The molecule has 1 aromatic carbocycles. The number of benzene rings is 1. The number of ether oxygens (including phenoxy) is 1. The van der Waals surface area contributed by atoms with Crippen molar-refractivity contribution < 1.29 is 22.7 Å². The molecule has 2 rings (SSSR count). The van der Waals surface area contributed by atoms with Crippen LogP contribution in [0.1, 0.15) is 15.9 Å². The molecule has 2 aromatic rings. The standard InChI is InChI=1S/C12H7F3N2O2/c13-12(14,15)19-10-4-2-1-3-9(10)11(18)8-5-16-7-17-6-8/h1-7H. The highest BCUT2D eigenvalue weighted by atomic mass is 19.4. The topological polar surface area (TPSA) is 52.1 Å². The Kier molecular flexibility index (Phi) is 3.46. The Labute approximate surface area is 105 Å². The van der Waals surface area contributed by atoms with Gasteiger partial charge in [-0.3, -0.25) is 4.79 Å². The summed E-state index contributed by atoms with van der Waals surface area (Å²) in [5, 5.41) is 0. The van der Waals surface area contributed by atoms with Crippen molar-refractivity contribution in [1.82, 2.24) is 9.97 Å². The first-order valence-corrected chi connectivity index (χ1v) is 5.12. The molecule has 0 unspecified atom stereocenters. The van der Waals surface area contributed by atoms with Gasteiger partial charge < -0.3 is 4.74 Å². The zero-order valence-corrected chi connectivity index (χ0v) is 9.39. The molecule has 0 N–H and O–H groups in total. The Balaban J connectivity index is 2.38. The van der Waals surface area contributed by atoms with Crippen LogP contribution in [0.3, 0.4) is 0 Å². The van der Waals surface area contributed by atoms with E-state index >= 15 is 0 Å². The van der Waals surface area contributed by atoms with Crippen molar-refractivity contribution in [1.29, 1.82) is 0 Å². The van der Waals surface area contributed by atoms with Crippen LogP contribution in [-0.4, -0.2) is 22.1 Å². The molecule has 0 bridgehead atoms. The molecule has 0 saturated heterocycles. The van der Waals surface area contributed by atoms with Crippen LogP contribution in [0.25, 0.3) is 0 Å². The summed E-state index contributed by atoms with van der Waals surface area (Å²) in [5.74, 6) is -1.19. The van der Waals surface area contributed by atoms with Crippen LogP contribution in [0.4, 0.5) is 13.2 Å². The number of ketones is 1. The van der Waals surface area contributed by atoms with Crippen LogP contribution < -0.4 is 4.74 Å². The second-order valence-corrected chi connectivity index (χ2v) is 3.50. The number of hydrogen-bond acceptors (Lipinski definition) is 4. The highest BCUT2D eigenvalue weighted by Crippen LogP contribution is 2.27. The van der Waals surface area contributed by atoms with Crippen molar-refractivity contribution >= 4 is 5.78 Å². The number of carbonyl (C=O) groups is 1. The SMILES string of the molecule is O=C(c1cncnc1)c1ccccc1OC(F)(F)F. The Morgan fingerprint density at radius 2 is 1.74 bits per heavy atom. The molecular formula is C12H7F3N2O2. The maximum Gasteiger partial charge on any atom is 0.573 e.